The lowest BCUT2D eigenvalue weighted by atomic mass is 10.3. The predicted octanol–water partition coefficient (Wildman–Crippen LogP) is 1.71. The molecule has 4 heteroatoms. The van der Waals surface area contributed by atoms with Crippen LogP contribution in [0, 0.1) is 0 Å². The standard InChI is InChI=1S/C15H27N3O/c1-2-6-18-8-4-15(14-18)13-16-5-3-7-17-9-11-19-12-10-17/h4,8,14,16H,2-3,5-7,9-13H2,1H3. The minimum atomic E-state index is 0.901. The van der Waals surface area contributed by atoms with E-state index in [1.807, 2.05) is 0 Å². The monoisotopic (exact) mass is 265 g/mol. The number of ether oxygens (including phenoxy) is 1. The van der Waals surface area contributed by atoms with Gasteiger partial charge in [-0.3, -0.25) is 4.90 Å². The van der Waals surface area contributed by atoms with E-state index in [2.05, 4.69) is 40.2 Å². The highest BCUT2D eigenvalue weighted by Gasteiger charge is 2.08. The van der Waals surface area contributed by atoms with Gasteiger partial charge in [0, 0.05) is 38.6 Å². The van der Waals surface area contributed by atoms with Crippen molar-refractivity contribution in [3.05, 3.63) is 24.0 Å². The van der Waals surface area contributed by atoms with E-state index in [1.54, 1.807) is 0 Å². The van der Waals surface area contributed by atoms with E-state index in [0.29, 0.717) is 0 Å². The molecule has 0 spiro atoms. The summed E-state index contributed by atoms with van der Waals surface area (Å²) in [6, 6.07) is 2.21. The summed E-state index contributed by atoms with van der Waals surface area (Å²) < 4.78 is 7.62. The lowest BCUT2D eigenvalue weighted by Gasteiger charge is -2.26. The highest BCUT2D eigenvalue weighted by Crippen LogP contribution is 2.02. The number of rotatable bonds is 8. The molecule has 0 unspecified atom stereocenters. The van der Waals surface area contributed by atoms with E-state index in [9.17, 15) is 0 Å². The van der Waals surface area contributed by atoms with Crippen molar-refractivity contribution in [3.63, 3.8) is 0 Å². The van der Waals surface area contributed by atoms with Crippen LogP contribution in [-0.2, 0) is 17.8 Å². The highest BCUT2D eigenvalue weighted by atomic mass is 16.5. The molecule has 1 N–H and O–H groups in total. The van der Waals surface area contributed by atoms with E-state index < -0.39 is 0 Å². The lowest BCUT2D eigenvalue weighted by molar-refractivity contribution is 0.0374. The summed E-state index contributed by atoms with van der Waals surface area (Å²) in [5.41, 5.74) is 1.39. The molecule has 4 nitrogen and oxygen atoms in total. The molecular weight excluding hydrogens is 238 g/mol. The molecule has 1 fully saturated rings. The zero-order chi connectivity index (χ0) is 13.3. The minimum Gasteiger partial charge on any atom is -0.379 e. The van der Waals surface area contributed by atoms with Crippen LogP contribution >= 0.6 is 0 Å². The molecule has 0 atom stereocenters. The second-order valence-electron chi connectivity index (χ2n) is 5.24. The minimum absolute atomic E-state index is 0.901. The van der Waals surface area contributed by atoms with Gasteiger partial charge in [-0.05, 0) is 37.6 Å². The van der Waals surface area contributed by atoms with Crippen molar-refractivity contribution in [2.45, 2.75) is 32.9 Å². The van der Waals surface area contributed by atoms with Crippen LogP contribution in [0.15, 0.2) is 18.5 Å². The molecule has 19 heavy (non-hydrogen) atoms. The van der Waals surface area contributed by atoms with E-state index in [4.69, 9.17) is 4.74 Å². The Morgan fingerprint density at radius 2 is 2.11 bits per heavy atom. The Kier molecular flexibility index (Phi) is 6.41. The SMILES string of the molecule is CCCn1ccc(CNCCCN2CCOCC2)c1. The molecule has 1 aliphatic heterocycles. The van der Waals surface area contributed by atoms with Gasteiger partial charge in [0.25, 0.3) is 0 Å². The molecule has 2 heterocycles. The van der Waals surface area contributed by atoms with Crippen LogP contribution in [0.2, 0.25) is 0 Å². The Bertz CT molecular complexity index is 345. The van der Waals surface area contributed by atoms with Crippen molar-refractivity contribution in [1.82, 2.24) is 14.8 Å². The summed E-state index contributed by atoms with van der Waals surface area (Å²) in [6.45, 7) is 10.6. The maximum Gasteiger partial charge on any atom is 0.0594 e. The molecular formula is C15H27N3O. The maximum absolute atomic E-state index is 5.35. The number of nitrogens with zero attached hydrogens (tertiary/aromatic N) is 2. The molecule has 2 rings (SSSR count). The Morgan fingerprint density at radius 3 is 2.89 bits per heavy atom. The van der Waals surface area contributed by atoms with E-state index >= 15 is 0 Å². The molecule has 1 aliphatic rings. The number of morpholine rings is 1. The van der Waals surface area contributed by atoms with Crippen LogP contribution in [-0.4, -0.2) is 48.9 Å². The van der Waals surface area contributed by atoms with Crippen molar-refractivity contribution in [3.8, 4) is 0 Å². The van der Waals surface area contributed by atoms with Crippen LogP contribution in [0.5, 0.6) is 0 Å². The van der Waals surface area contributed by atoms with Crippen LogP contribution in [0.4, 0.5) is 0 Å². The molecule has 0 bridgehead atoms. The molecule has 1 aromatic rings. The number of nitrogens with one attached hydrogen (secondary N) is 1. The number of aromatic nitrogens is 1. The first-order chi connectivity index (χ1) is 9.38. The first-order valence-corrected chi connectivity index (χ1v) is 7.54. The molecule has 108 valence electrons. The average molecular weight is 265 g/mol. The molecule has 0 aliphatic carbocycles. The molecule has 0 aromatic carbocycles. The van der Waals surface area contributed by atoms with Gasteiger partial charge < -0.3 is 14.6 Å². The summed E-state index contributed by atoms with van der Waals surface area (Å²) in [6.07, 6.45) is 6.84. The van der Waals surface area contributed by atoms with E-state index in [-0.39, 0.29) is 0 Å². The first-order valence-electron chi connectivity index (χ1n) is 7.54. The predicted molar refractivity (Wildman–Crippen MR) is 78.3 cm³/mol. The second-order valence-corrected chi connectivity index (χ2v) is 5.24. The molecule has 1 aromatic heterocycles. The van der Waals surface area contributed by atoms with Gasteiger partial charge >= 0.3 is 0 Å². The van der Waals surface area contributed by atoms with Gasteiger partial charge in [0.2, 0.25) is 0 Å². The quantitative estimate of drug-likeness (QED) is 0.726. The third-order valence-corrected chi connectivity index (χ3v) is 3.55. The van der Waals surface area contributed by atoms with Crippen LogP contribution < -0.4 is 5.32 Å². The van der Waals surface area contributed by atoms with Crippen LogP contribution in [0.25, 0.3) is 0 Å². The molecule has 0 radical (unpaired) electrons. The van der Waals surface area contributed by atoms with Gasteiger partial charge in [0.15, 0.2) is 0 Å². The van der Waals surface area contributed by atoms with Crippen molar-refractivity contribution in [2.75, 3.05) is 39.4 Å². The third kappa shape index (κ3) is 5.35. The zero-order valence-corrected chi connectivity index (χ0v) is 12.1. The van der Waals surface area contributed by atoms with E-state index in [1.165, 1.54) is 24.9 Å². The lowest BCUT2D eigenvalue weighted by Crippen LogP contribution is -2.37. The third-order valence-electron chi connectivity index (χ3n) is 3.55. The van der Waals surface area contributed by atoms with Gasteiger partial charge in [-0.15, -0.1) is 0 Å². The smallest absolute Gasteiger partial charge is 0.0594 e. The largest absolute Gasteiger partial charge is 0.379 e. The van der Waals surface area contributed by atoms with Gasteiger partial charge in [-0.2, -0.15) is 0 Å². The second kappa shape index (κ2) is 8.35. The Hall–Kier alpha value is -0.840. The summed E-state index contributed by atoms with van der Waals surface area (Å²) >= 11 is 0. The molecule has 0 amide bonds. The van der Waals surface area contributed by atoms with Crippen molar-refractivity contribution < 1.29 is 4.74 Å². The fourth-order valence-electron chi connectivity index (χ4n) is 2.48. The van der Waals surface area contributed by atoms with Gasteiger partial charge in [-0.25, -0.2) is 0 Å². The zero-order valence-electron chi connectivity index (χ0n) is 12.1. The summed E-state index contributed by atoms with van der Waals surface area (Å²) in [5, 5.41) is 3.53. The van der Waals surface area contributed by atoms with Gasteiger partial charge in [0.05, 0.1) is 13.2 Å². The van der Waals surface area contributed by atoms with Crippen LogP contribution in [0.3, 0.4) is 0 Å². The number of hydrogen-bond donors (Lipinski definition) is 1. The topological polar surface area (TPSA) is 29.4 Å². The molecule has 0 saturated carbocycles. The van der Waals surface area contributed by atoms with E-state index in [0.717, 1.165) is 45.9 Å². The summed E-state index contributed by atoms with van der Waals surface area (Å²) in [4.78, 5) is 2.49. The van der Waals surface area contributed by atoms with Crippen molar-refractivity contribution in [2.24, 2.45) is 0 Å². The maximum atomic E-state index is 5.35. The fourth-order valence-corrected chi connectivity index (χ4v) is 2.48. The van der Waals surface area contributed by atoms with Gasteiger partial charge in [-0.1, -0.05) is 6.92 Å². The average Bonchev–Trinajstić information content (AvgIpc) is 2.88. The number of aryl methyl sites for hydroxylation is 1. The summed E-state index contributed by atoms with van der Waals surface area (Å²) in [5.74, 6) is 0. The van der Waals surface area contributed by atoms with Crippen molar-refractivity contribution >= 4 is 0 Å². The Balaban J connectivity index is 1.53. The first kappa shape index (κ1) is 14.6. The normalized spacial score (nSPS) is 16.9. The highest BCUT2D eigenvalue weighted by molar-refractivity contribution is 5.09. The summed E-state index contributed by atoms with van der Waals surface area (Å²) in [7, 11) is 0. The number of hydrogen-bond acceptors (Lipinski definition) is 3. The fraction of sp³-hybridized carbons (Fsp3) is 0.733. The van der Waals surface area contributed by atoms with Gasteiger partial charge in [0.1, 0.15) is 0 Å². The van der Waals surface area contributed by atoms with Crippen LogP contribution in [0.1, 0.15) is 25.3 Å². The Morgan fingerprint density at radius 1 is 1.26 bits per heavy atom. The van der Waals surface area contributed by atoms with Crippen molar-refractivity contribution in [1.29, 1.82) is 0 Å². The Labute approximate surface area is 116 Å². The molecule has 1 saturated heterocycles.